The molecule has 2 N–H and O–H groups in total. The lowest BCUT2D eigenvalue weighted by Crippen LogP contribution is -2.32. The smallest absolute Gasteiger partial charge is 0.269 e. The number of amides is 1. The molecule has 5 nitrogen and oxygen atoms in total. The van der Waals surface area contributed by atoms with Gasteiger partial charge in [0, 0.05) is 6.54 Å². The second kappa shape index (κ2) is 6.49. The van der Waals surface area contributed by atoms with Crippen molar-refractivity contribution < 1.29 is 9.90 Å². The number of hydrogen-bond acceptors (Lipinski definition) is 4. The maximum Gasteiger partial charge on any atom is 0.269 e. The monoisotopic (exact) mass is 273 g/mol. The largest absolute Gasteiger partial charge is 0.393 e. The second-order valence-corrected chi connectivity index (χ2v) is 5.33. The maximum absolute atomic E-state index is 12.0. The van der Waals surface area contributed by atoms with E-state index in [9.17, 15) is 9.90 Å². The number of hydrogen-bond donors (Lipinski definition) is 2. The van der Waals surface area contributed by atoms with Gasteiger partial charge >= 0.3 is 0 Å². The zero-order chi connectivity index (χ0) is 14.5. The van der Waals surface area contributed by atoms with Crippen molar-refractivity contribution in [2.75, 3.05) is 6.54 Å². The molecule has 1 fully saturated rings. The number of nitrogens with zero attached hydrogens (tertiary/aromatic N) is 2. The summed E-state index contributed by atoms with van der Waals surface area (Å²) in [6.45, 7) is 2.34. The van der Waals surface area contributed by atoms with Crippen molar-refractivity contribution in [1.82, 2.24) is 10.3 Å². The zero-order valence-electron chi connectivity index (χ0n) is 11.6. The van der Waals surface area contributed by atoms with Crippen molar-refractivity contribution in [3.63, 3.8) is 0 Å². The molecule has 106 valence electrons. The van der Waals surface area contributed by atoms with E-state index in [-0.39, 0.29) is 12.0 Å². The van der Waals surface area contributed by atoms with Crippen molar-refractivity contribution in [3.05, 3.63) is 29.1 Å². The van der Waals surface area contributed by atoms with E-state index in [0.717, 1.165) is 25.7 Å². The van der Waals surface area contributed by atoms with Crippen LogP contribution in [0.3, 0.4) is 0 Å². The minimum atomic E-state index is -0.205. The fourth-order valence-corrected chi connectivity index (χ4v) is 2.48. The highest BCUT2D eigenvalue weighted by Crippen LogP contribution is 2.23. The highest BCUT2D eigenvalue weighted by atomic mass is 16.3. The van der Waals surface area contributed by atoms with Gasteiger partial charge in [-0.25, -0.2) is 4.98 Å². The Morgan fingerprint density at radius 2 is 2.15 bits per heavy atom. The Hall–Kier alpha value is -1.93. The number of carbonyl (C=O) groups is 1. The van der Waals surface area contributed by atoms with E-state index in [1.165, 1.54) is 0 Å². The molecule has 1 heterocycles. The summed E-state index contributed by atoms with van der Waals surface area (Å²) in [5.74, 6) is 0.227. The summed E-state index contributed by atoms with van der Waals surface area (Å²) < 4.78 is 0. The first kappa shape index (κ1) is 14.5. The number of aliphatic hydroxyl groups excluding tert-OH is 1. The van der Waals surface area contributed by atoms with Crippen LogP contribution in [-0.2, 0) is 0 Å². The van der Waals surface area contributed by atoms with Gasteiger partial charge in [-0.1, -0.05) is 0 Å². The number of rotatable bonds is 3. The molecule has 1 aliphatic rings. The SMILES string of the molecule is Cc1nc(C(=O)NCC2CCC(O)CC2)ccc1C#N. The number of aryl methyl sites for hydroxylation is 1. The molecule has 0 bridgehead atoms. The first-order valence-corrected chi connectivity index (χ1v) is 6.94. The molecule has 0 unspecified atom stereocenters. The van der Waals surface area contributed by atoms with Gasteiger partial charge in [-0.3, -0.25) is 4.79 Å². The number of nitriles is 1. The lowest BCUT2D eigenvalue weighted by Gasteiger charge is -2.25. The van der Waals surface area contributed by atoms with E-state index >= 15 is 0 Å². The maximum atomic E-state index is 12.0. The molecule has 0 radical (unpaired) electrons. The van der Waals surface area contributed by atoms with Gasteiger partial charge in [-0.2, -0.15) is 5.26 Å². The Balaban J connectivity index is 1.89. The van der Waals surface area contributed by atoms with Crippen LogP contribution in [0.4, 0.5) is 0 Å². The van der Waals surface area contributed by atoms with Crippen molar-refractivity contribution in [3.8, 4) is 6.07 Å². The number of pyridine rings is 1. The van der Waals surface area contributed by atoms with Crippen molar-refractivity contribution in [2.24, 2.45) is 5.92 Å². The quantitative estimate of drug-likeness (QED) is 0.874. The van der Waals surface area contributed by atoms with Gasteiger partial charge in [0.25, 0.3) is 5.91 Å². The predicted octanol–water partition coefficient (Wildman–Crippen LogP) is 1.54. The molecule has 2 rings (SSSR count). The first-order chi connectivity index (χ1) is 9.60. The van der Waals surface area contributed by atoms with Crippen LogP contribution in [0, 0.1) is 24.2 Å². The first-order valence-electron chi connectivity index (χ1n) is 6.94. The van der Waals surface area contributed by atoms with Crippen LogP contribution in [0.1, 0.15) is 47.4 Å². The van der Waals surface area contributed by atoms with E-state index in [4.69, 9.17) is 5.26 Å². The third-order valence-corrected chi connectivity index (χ3v) is 3.81. The molecule has 0 aromatic carbocycles. The number of carbonyl (C=O) groups excluding carboxylic acids is 1. The standard InChI is InChI=1S/C15H19N3O2/c1-10-12(8-16)4-7-14(18-10)15(20)17-9-11-2-5-13(19)6-3-11/h4,7,11,13,19H,2-3,5-6,9H2,1H3,(H,17,20). The molecule has 1 aromatic heterocycles. The summed E-state index contributed by atoms with van der Waals surface area (Å²) in [5.41, 5.74) is 1.40. The van der Waals surface area contributed by atoms with Crippen LogP contribution in [-0.4, -0.2) is 28.6 Å². The van der Waals surface area contributed by atoms with Gasteiger partial charge in [-0.05, 0) is 50.7 Å². The van der Waals surface area contributed by atoms with Crippen LogP contribution in [0.5, 0.6) is 0 Å². The molecule has 0 atom stereocenters. The van der Waals surface area contributed by atoms with Gasteiger partial charge in [0.2, 0.25) is 0 Å². The molecule has 1 aromatic rings. The van der Waals surface area contributed by atoms with Gasteiger partial charge in [0.15, 0.2) is 0 Å². The molecule has 20 heavy (non-hydrogen) atoms. The predicted molar refractivity (Wildman–Crippen MR) is 74.0 cm³/mol. The number of aromatic nitrogens is 1. The van der Waals surface area contributed by atoms with E-state index in [2.05, 4.69) is 10.3 Å². The minimum Gasteiger partial charge on any atom is -0.393 e. The van der Waals surface area contributed by atoms with E-state index < -0.39 is 0 Å². The van der Waals surface area contributed by atoms with Crippen molar-refractivity contribution >= 4 is 5.91 Å². The zero-order valence-corrected chi connectivity index (χ0v) is 11.6. The Labute approximate surface area is 118 Å². The Kier molecular flexibility index (Phi) is 4.70. The summed E-state index contributed by atoms with van der Waals surface area (Å²) in [6, 6.07) is 5.23. The van der Waals surface area contributed by atoms with Crippen LogP contribution < -0.4 is 5.32 Å². The Morgan fingerprint density at radius 3 is 2.75 bits per heavy atom. The fourth-order valence-electron chi connectivity index (χ4n) is 2.48. The summed E-state index contributed by atoms with van der Waals surface area (Å²) in [4.78, 5) is 16.1. The van der Waals surface area contributed by atoms with E-state index in [0.29, 0.717) is 29.4 Å². The fraction of sp³-hybridized carbons (Fsp3) is 0.533. The molecule has 1 amide bonds. The average Bonchev–Trinajstić information content (AvgIpc) is 2.46. The van der Waals surface area contributed by atoms with Gasteiger partial charge in [0.05, 0.1) is 17.4 Å². The van der Waals surface area contributed by atoms with Crippen LogP contribution in [0.2, 0.25) is 0 Å². The molecular weight excluding hydrogens is 254 g/mol. The van der Waals surface area contributed by atoms with Crippen LogP contribution in [0.25, 0.3) is 0 Å². The Bertz CT molecular complexity index is 528. The van der Waals surface area contributed by atoms with Gasteiger partial charge in [-0.15, -0.1) is 0 Å². The second-order valence-electron chi connectivity index (χ2n) is 5.33. The molecule has 1 saturated carbocycles. The van der Waals surface area contributed by atoms with E-state index in [1.54, 1.807) is 19.1 Å². The Morgan fingerprint density at radius 1 is 1.45 bits per heavy atom. The minimum absolute atomic E-state index is 0.176. The highest BCUT2D eigenvalue weighted by molar-refractivity contribution is 5.92. The number of nitrogens with one attached hydrogen (secondary N) is 1. The molecular formula is C15H19N3O2. The average molecular weight is 273 g/mol. The topological polar surface area (TPSA) is 86.0 Å². The van der Waals surface area contributed by atoms with Gasteiger partial charge in [0.1, 0.15) is 11.8 Å². The van der Waals surface area contributed by atoms with Crippen LogP contribution in [0.15, 0.2) is 12.1 Å². The molecule has 5 heteroatoms. The summed E-state index contributed by atoms with van der Waals surface area (Å²) in [5, 5.41) is 21.2. The lowest BCUT2D eigenvalue weighted by molar-refractivity contribution is 0.0905. The molecule has 0 aliphatic heterocycles. The third kappa shape index (κ3) is 3.55. The molecule has 0 saturated heterocycles. The van der Waals surface area contributed by atoms with E-state index in [1.807, 2.05) is 6.07 Å². The van der Waals surface area contributed by atoms with Crippen molar-refractivity contribution in [2.45, 2.75) is 38.7 Å². The highest BCUT2D eigenvalue weighted by Gasteiger charge is 2.20. The summed E-state index contributed by atoms with van der Waals surface area (Å²) >= 11 is 0. The molecule has 0 spiro atoms. The number of aliphatic hydroxyl groups is 1. The third-order valence-electron chi connectivity index (χ3n) is 3.81. The van der Waals surface area contributed by atoms with Crippen LogP contribution >= 0.6 is 0 Å². The lowest BCUT2D eigenvalue weighted by atomic mass is 9.87. The van der Waals surface area contributed by atoms with Gasteiger partial charge < -0.3 is 10.4 Å². The summed E-state index contributed by atoms with van der Waals surface area (Å²) in [7, 11) is 0. The molecule has 1 aliphatic carbocycles. The normalized spacial score (nSPS) is 22.1. The van der Waals surface area contributed by atoms with Crippen molar-refractivity contribution in [1.29, 1.82) is 5.26 Å². The summed E-state index contributed by atoms with van der Waals surface area (Å²) in [6.07, 6.45) is 3.34.